The van der Waals surface area contributed by atoms with Crippen molar-refractivity contribution in [2.45, 2.75) is 39.3 Å². The number of benzene rings is 1. The minimum atomic E-state index is -2.65. The lowest BCUT2D eigenvalue weighted by Gasteiger charge is -2.15. The molecule has 23 heavy (non-hydrogen) atoms. The summed E-state index contributed by atoms with van der Waals surface area (Å²) in [5.74, 6) is -0.940. The normalized spacial score (nSPS) is 14.5. The highest BCUT2D eigenvalue weighted by Gasteiger charge is 2.27. The van der Waals surface area contributed by atoms with E-state index in [2.05, 4.69) is 20.8 Å². The van der Waals surface area contributed by atoms with E-state index in [4.69, 9.17) is 0 Å². The maximum atomic E-state index is 13.1. The third-order valence-electron chi connectivity index (χ3n) is 3.79. The van der Waals surface area contributed by atoms with Crippen molar-refractivity contribution in [2.24, 2.45) is 0 Å². The van der Waals surface area contributed by atoms with Crippen LogP contribution in [0.1, 0.15) is 46.4 Å². The van der Waals surface area contributed by atoms with Crippen LogP contribution in [0, 0.1) is 6.92 Å². The van der Waals surface area contributed by atoms with Crippen molar-refractivity contribution in [3.05, 3.63) is 51.2 Å². The number of carboxylic acids is 1. The van der Waals surface area contributed by atoms with Crippen LogP contribution in [-0.2, 0) is 16.1 Å². The van der Waals surface area contributed by atoms with Crippen molar-refractivity contribution in [3.8, 4) is 0 Å². The molecule has 0 spiro atoms. The maximum absolute atomic E-state index is 13.1. The highest BCUT2D eigenvalue weighted by atomic mass is 32.1. The third kappa shape index (κ3) is 4.13. The highest BCUT2D eigenvalue weighted by molar-refractivity contribution is 7.70. The summed E-state index contributed by atoms with van der Waals surface area (Å²) in [6.45, 7) is 9.89. The summed E-state index contributed by atoms with van der Waals surface area (Å²) in [5.41, 5.74) is 1.68. The molecule has 0 saturated heterocycles. The van der Waals surface area contributed by atoms with Gasteiger partial charge in [-0.25, -0.2) is 4.79 Å². The average molecular weight is 350 g/mol. The molecule has 2 rings (SSSR count). The second kappa shape index (κ2) is 6.26. The summed E-state index contributed by atoms with van der Waals surface area (Å²) >= 11 is 1.29. The molecule has 1 N–H and O–H groups in total. The molecule has 5 heteroatoms. The maximum Gasteiger partial charge on any atom is 0.346 e. The molecular weight excluding hydrogens is 327 g/mol. The molecule has 3 nitrogen and oxygen atoms in total. The van der Waals surface area contributed by atoms with Gasteiger partial charge in [0.05, 0.1) is 0 Å². The van der Waals surface area contributed by atoms with Gasteiger partial charge in [-0.3, -0.25) is 0 Å². The van der Waals surface area contributed by atoms with Gasteiger partial charge in [-0.1, -0.05) is 50.6 Å². The standard InChI is InChI=1S/C18H23O3PS/c1-12-6-8-14(9-7-12)22(5,21)11-13-10-15(18(2,3)4)23-16(13)17(19)20/h6-10H,11H2,1-5H3,(H,19,20). The SMILES string of the molecule is Cc1ccc(P(C)(=O)Cc2cc(C(C)(C)C)sc2C(=O)O)cc1. The number of hydrogen-bond acceptors (Lipinski definition) is 3. The van der Waals surface area contributed by atoms with Crippen LogP contribution in [-0.4, -0.2) is 17.7 Å². The Morgan fingerprint density at radius 2 is 1.78 bits per heavy atom. The quantitative estimate of drug-likeness (QED) is 0.800. The van der Waals surface area contributed by atoms with Crippen molar-refractivity contribution >= 4 is 29.8 Å². The molecule has 124 valence electrons. The third-order valence-corrected chi connectivity index (χ3v) is 7.72. The average Bonchev–Trinajstić information content (AvgIpc) is 2.82. The second-order valence-corrected chi connectivity index (χ2v) is 11.2. The van der Waals surface area contributed by atoms with Gasteiger partial charge in [0.25, 0.3) is 0 Å². The molecule has 1 atom stereocenters. The molecule has 1 unspecified atom stereocenters. The van der Waals surface area contributed by atoms with Crippen LogP contribution < -0.4 is 5.30 Å². The first-order valence-electron chi connectivity index (χ1n) is 7.51. The largest absolute Gasteiger partial charge is 0.477 e. The van der Waals surface area contributed by atoms with E-state index < -0.39 is 13.1 Å². The number of carbonyl (C=O) groups is 1. The number of carboxylic acid groups (broad SMARTS) is 1. The minimum Gasteiger partial charge on any atom is -0.477 e. The Balaban J connectivity index is 2.42. The summed E-state index contributed by atoms with van der Waals surface area (Å²) in [6, 6.07) is 9.56. The summed E-state index contributed by atoms with van der Waals surface area (Å²) in [5, 5.41) is 10.3. The van der Waals surface area contributed by atoms with Crippen molar-refractivity contribution in [1.29, 1.82) is 0 Å². The van der Waals surface area contributed by atoms with E-state index in [1.807, 2.05) is 37.3 Å². The minimum absolute atomic E-state index is 0.116. The van der Waals surface area contributed by atoms with Gasteiger partial charge < -0.3 is 9.67 Å². The highest BCUT2D eigenvalue weighted by Crippen LogP contribution is 2.46. The van der Waals surface area contributed by atoms with Crippen LogP contribution in [0.15, 0.2) is 30.3 Å². The molecular formula is C18H23O3PS. The van der Waals surface area contributed by atoms with Gasteiger partial charge >= 0.3 is 5.97 Å². The fourth-order valence-electron chi connectivity index (χ4n) is 2.37. The van der Waals surface area contributed by atoms with E-state index in [1.165, 1.54) is 11.3 Å². The van der Waals surface area contributed by atoms with Gasteiger partial charge in [-0.05, 0) is 30.6 Å². The summed E-state index contributed by atoms with van der Waals surface area (Å²) in [6.07, 6.45) is 0.282. The van der Waals surface area contributed by atoms with Gasteiger partial charge in [-0.15, -0.1) is 11.3 Å². The molecule has 0 fully saturated rings. The van der Waals surface area contributed by atoms with Crippen molar-refractivity contribution in [1.82, 2.24) is 0 Å². The smallest absolute Gasteiger partial charge is 0.346 e. The Morgan fingerprint density at radius 3 is 2.26 bits per heavy atom. The van der Waals surface area contributed by atoms with Gasteiger partial charge in [0.1, 0.15) is 12.0 Å². The number of aryl methyl sites for hydroxylation is 1. The predicted octanol–water partition coefficient (Wildman–Crippen LogP) is 4.87. The topological polar surface area (TPSA) is 54.4 Å². The van der Waals surface area contributed by atoms with E-state index in [0.29, 0.717) is 10.4 Å². The Bertz CT molecular complexity index is 767. The predicted molar refractivity (Wildman–Crippen MR) is 98.0 cm³/mol. The molecule has 1 aromatic carbocycles. The molecule has 0 aliphatic carbocycles. The molecule has 0 bridgehead atoms. The van der Waals surface area contributed by atoms with Crippen LogP contribution in [0.2, 0.25) is 0 Å². The van der Waals surface area contributed by atoms with E-state index in [-0.39, 0.29) is 11.6 Å². The van der Waals surface area contributed by atoms with E-state index in [1.54, 1.807) is 6.66 Å². The Hall–Kier alpha value is -1.38. The van der Waals surface area contributed by atoms with Gasteiger partial charge in [0, 0.05) is 16.3 Å². The number of rotatable bonds is 4. The van der Waals surface area contributed by atoms with Gasteiger partial charge in [-0.2, -0.15) is 0 Å². The Morgan fingerprint density at radius 1 is 1.22 bits per heavy atom. The lowest BCUT2D eigenvalue weighted by atomic mass is 9.94. The molecule has 1 heterocycles. The lowest BCUT2D eigenvalue weighted by Crippen LogP contribution is -2.08. The molecule has 1 aromatic heterocycles. The summed E-state index contributed by atoms with van der Waals surface area (Å²) in [4.78, 5) is 12.9. The Kier molecular flexibility index (Phi) is 4.89. The summed E-state index contributed by atoms with van der Waals surface area (Å²) < 4.78 is 13.1. The van der Waals surface area contributed by atoms with E-state index in [0.717, 1.165) is 15.7 Å². The van der Waals surface area contributed by atoms with Gasteiger partial charge in [0.15, 0.2) is 0 Å². The van der Waals surface area contributed by atoms with Crippen LogP contribution in [0.4, 0.5) is 0 Å². The molecule has 0 radical (unpaired) electrons. The number of aromatic carboxylic acids is 1. The first-order valence-corrected chi connectivity index (χ1v) is 10.7. The lowest BCUT2D eigenvalue weighted by molar-refractivity contribution is 0.0701. The number of thiophene rings is 1. The zero-order valence-electron chi connectivity index (χ0n) is 14.2. The van der Waals surface area contributed by atoms with Gasteiger partial charge in [0.2, 0.25) is 0 Å². The van der Waals surface area contributed by atoms with Crippen LogP contribution in [0.5, 0.6) is 0 Å². The van der Waals surface area contributed by atoms with Crippen LogP contribution >= 0.6 is 18.5 Å². The summed E-state index contributed by atoms with van der Waals surface area (Å²) in [7, 11) is -2.65. The first-order chi connectivity index (χ1) is 10.5. The Labute approximate surface area is 141 Å². The van der Waals surface area contributed by atoms with Crippen molar-refractivity contribution in [3.63, 3.8) is 0 Å². The molecule has 2 aromatic rings. The van der Waals surface area contributed by atoms with Crippen molar-refractivity contribution < 1.29 is 14.5 Å². The fraction of sp³-hybridized carbons (Fsp3) is 0.389. The van der Waals surface area contributed by atoms with Crippen molar-refractivity contribution in [2.75, 3.05) is 6.66 Å². The van der Waals surface area contributed by atoms with Crippen LogP contribution in [0.3, 0.4) is 0 Å². The molecule has 0 amide bonds. The molecule has 0 aliphatic heterocycles. The molecule has 0 aliphatic rings. The monoisotopic (exact) mass is 350 g/mol. The second-order valence-electron chi connectivity index (χ2n) is 7.11. The van der Waals surface area contributed by atoms with Crippen LogP contribution in [0.25, 0.3) is 0 Å². The zero-order valence-corrected chi connectivity index (χ0v) is 15.9. The number of hydrogen-bond donors (Lipinski definition) is 1. The zero-order chi connectivity index (χ0) is 17.4. The molecule has 0 saturated carbocycles. The van der Waals surface area contributed by atoms with E-state index in [9.17, 15) is 14.5 Å². The first kappa shape index (κ1) is 18.0. The van der Waals surface area contributed by atoms with E-state index >= 15 is 0 Å². The fourth-order valence-corrected chi connectivity index (χ4v) is 5.42.